The van der Waals surface area contributed by atoms with Crippen molar-refractivity contribution in [3.63, 3.8) is 0 Å². The molecule has 0 saturated carbocycles. The summed E-state index contributed by atoms with van der Waals surface area (Å²) in [4.78, 5) is 58.9. The lowest BCUT2D eigenvalue weighted by Crippen LogP contribution is -2.54. The standard InChI is InChI=1S/C54H78N6O12/c1-29(2)27-58-20-18-54(19-21-58)56-40-37-38-45(63)35(8)48-39(37)49(65)53(11,72-48)70-26-17-36(68-12)32(5)47(71-51(67)60-24-22-59(23-25-60)28-52(9,10)69-13)34(7)44(62)33(6)43(61)30(3)15-14-16-31(4)50(66)55-42(46(38)64)41(40)57-54/h14-17,26,29-30,32-34,36,43-44,47,56,61-64H,18-25,27-28H2,1-13H3/b15-14+,26-17+,31-16-,55-42?/t30-,32+,33+,34+,36-,43-,44+,47+,53-/m0/s1. The Labute approximate surface area is 423 Å². The molecule has 6 aliphatic heterocycles. The third-order valence-electron chi connectivity index (χ3n) is 15.6. The Morgan fingerprint density at radius 3 is 2.19 bits per heavy atom. The minimum Gasteiger partial charge on any atom is -0.507 e. The number of nitrogens with zero attached hydrogens (tertiary/aromatic N) is 5. The van der Waals surface area contributed by atoms with Crippen LogP contribution in [0.2, 0.25) is 0 Å². The number of hydrogen-bond donors (Lipinski definition) is 5. The Balaban J connectivity index is 1.30. The number of piperidine rings is 1. The average molecular weight is 1000 g/mol. The number of aliphatic hydroxyl groups excluding tert-OH is 2. The van der Waals surface area contributed by atoms with E-state index in [2.05, 4.69) is 34.0 Å². The van der Waals surface area contributed by atoms with Crippen LogP contribution in [0.4, 0.5) is 10.5 Å². The molecule has 1 spiro atoms. The van der Waals surface area contributed by atoms with Gasteiger partial charge in [0.15, 0.2) is 5.75 Å². The minimum absolute atomic E-state index is 0.0495. The lowest BCUT2D eigenvalue weighted by molar-refractivity contribution is -0.114. The molecule has 396 valence electrons. The molecular formula is C54H78N6O12. The topological polar surface area (TPSA) is 225 Å². The van der Waals surface area contributed by atoms with E-state index in [1.54, 1.807) is 70.9 Å². The molecule has 8 rings (SSSR count). The number of ketones is 1. The number of carbonyl (C=O) groups excluding carboxylic acids is 3. The largest absolute Gasteiger partial charge is 0.507 e. The molecule has 18 nitrogen and oxygen atoms in total. The summed E-state index contributed by atoms with van der Waals surface area (Å²) in [6.07, 6.45) is 4.38. The molecule has 2 aromatic rings. The van der Waals surface area contributed by atoms with Gasteiger partial charge in [-0.15, -0.1) is 0 Å². The summed E-state index contributed by atoms with van der Waals surface area (Å²) >= 11 is 0. The van der Waals surface area contributed by atoms with Crippen molar-refractivity contribution in [2.75, 3.05) is 71.9 Å². The number of phenols is 2. The molecule has 72 heavy (non-hydrogen) atoms. The first-order valence-corrected chi connectivity index (χ1v) is 25.5. The maximum absolute atomic E-state index is 15.0. The van der Waals surface area contributed by atoms with Crippen molar-refractivity contribution in [1.29, 1.82) is 0 Å². The van der Waals surface area contributed by atoms with Gasteiger partial charge in [0.1, 0.15) is 34.0 Å². The van der Waals surface area contributed by atoms with Gasteiger partial charge in [0.2, 0.25) is 0 Å². The molecule has 6 heterocycles. The van der Waals surface area contributed by atoms with Gasteiger partial charge in [0.05, 0.1) is 46.8 Å². The number of anilines is 1. The molecule has 6 aliphatic rings. The number of carbonyl (C=O) groups is 3. The average Bonchev–Trinajstić information content (AvgIpc) is 3.84. The van der Waals surface area contributed by atoms with Gasteiger partial charge in [0, 0.05) is 127 Å². The van der Waals surface area contributed by atoms with Crippen LogP contribution in [0.3, 0.4) is 0 Å². The van der Waals surface area contributed by atoms with Crippen molar-refractivity contribution in [1.82, 2.24) is 14.7 Å². The Morgan fingerprint density at radius 1 is 0.903 bits per heavy atom. The van der Waals surface area contributed by atoms with Gasteiger partial charge < -0.3 is 59.2 Å². The number of hydrogen-bond acceptors (Lipinski definition) is 16. The maximum Gasteiger partial charge on any atom is 0.410 e. The first kappa shape index (κ1) is 54.7. The Bertz CT molecular complexity index is 2620. The van der Waals surface area contributed by atoms with Gasteiger partial charge in [-0.05, 0) is 39.7 Å². The summed E-state index contributed by atoms with van der Waals surface area (Å²) in [5.41, 5.74) is -0.504. The highest BCUT2D eigenvalue weighted by atomic mass is 16.7. The summed E-state index contributed by atoms with van der Waals surface area (Å²) in [6.45, 7) is 25.2. The third kappa shape index (κ3) is 10.8. The molecule has 0 aliphatic carbocycles. The van der Waals surface area contributed by atoms with Crippen LogP contribution in [0.5, 0.6) is 17.2 Å². The fourth-order valence-electron chi connectivity index (χ4n) is 10.9. The summed E-state index contributed by atoms with van der Waals surface area (Å²) in [5.74, 6) is -6.25. The number of methoxy groups -OCH3 is 2. The number of rotatable bonds is 7. The number of aliphatic hydroxyl groups is 2. The maximum atomic E-state index is 15.0. The number of piperazine rings is 1. The second-order valence-electron chi connectivity index (χ2n) is 22.0. The number of nitrogens with one attached hydrogen (secondary N) is 1. The summed E-state index contributed by atoms with van der Waals surface area (Å²) < 4.78 is 30.6. The van der Waals surface area contributed by atoms with Crippen molar-refractivity contribution in [3.8, 4) is 17.2 Å². The van der Waals surface area contributed by atoms with Crippen LogP contribution in [0.15, 0.2) is 46.1 Å². The van der Waals surface area contributed by atoms with E-state index in [9.17, 15) is 34.8 Å². The molecule has 18 heteroatoms. The minimum atomic E-state index is -1.98. The van der Waals surface area contributed by atoms with Crippen LogP contribution >= 0.6 is 0 Å². The third-order valence-corrected chi connectivity index (χ3v) is 15.6. The highest BCUT2D eigenvalue weighted by Crippen LogP contribution is 2.51. The van der Waals surface area contributed by atoms with Crippen LogP contribution in [0, 0.1) is 36.5 Å². The van der Waals surface area contributed by atoms with Crippen LogP contribution < -0.4 is 20.8 Å². The molecule has 2 amide bonds. The molecule has 0 unspecified atom stereocenters. The SMILES string of the molecule is CO[C@H]1/C=C/O[C@@]2(C)Oc3c(C)c(O)c4c(O)c(c5c(c4c3C2=O)NC2(CCN(CC(C)C)CC2)N=5)=NC(=O)/C(C)=C\C=C\[C@H](C)[C@H](O)[C@@H](C)[C@@H](O)[C@@H](C)[C@H](OC(=O)N2CCN(CC(C)(C)OC)CC2)[C@@H]1C. The van der Waals surface area contributed by atoms with Crippen LogP contribution in [-0.2, 0) is 23.7 Å². The number of benzene rings is 2. The monoisotopic (exact) mass is 1000 g/mol. The van der Waals surface area contributed by atoms with E-state index in [4.69, 9.17) is 28.7 Å². The van der Waals surface area contributed by atoms with Gasteiger partial charge in [-0.3, -0.25) is 19.5 Å². The van der Waals surface area contributed by atoms with Gasteiger partial charge in [0.25, 0.3) is 11.7 Å². The molecule has 0 radical (unpaired) electrons. The van der Waals surface area contributed by atoms with E-state index in [1.165, 1.54) is 20.3 Å². The second kappa shape index (κ2) is 21.4. The number of aromatic hydroxyl groups is 2. The molecule has 2 fully saturated rings. The van der Waals surface area contributed by atoms with Crippen molar-refractivity contribution < 1.29 is 58.5 Å². The van der Waals surface area contributed by atoms with Crippen LogP contribution in [-0.4, -0.2) is 161 Å². The normalized spacial score (nSPS) is 31.3. The van der Waals surface area contributed by atoms with Crippen molar-refractivity contribution in [3.05, 3.63) is 58.0 Å². The number of allylic oxidation sites excluding steroid dienone is 2. The van der Waals surface area contributed by atoms with E-state index < -0.39 is 83.1 Å². The van der Waals surface area contributed by atoms with E-state index in [0.717, 1.165) is 6.54 Å². The smallest absolute Gasteiger partial charge is 0.410 e. The van der Waals surface area contributed by atoms with Gasteiger partial charge in [-0.2, -0.15) is 0 Å². The Hall–Kier alpha value is -5.11. The highest BCUT2D eigenvalue weighted by molar-refractivity contribution is 6.21. The number of amides is 2. The van der Waals surface area contributed by atoms with Gasteiger partial charge in [-0.25, -0.2) is 9.79 Å². The lowest BCUT2D eigenvalue weighted by atomic mass is 9.78. The Kier molecular flexibility index (Phi) is 16.2. The fourth-order valence-corrected chi connectivity index (χ4v) is 10.9. The molecule has 2 saturated heterocycles. The fraction of sp³-hybridized carbons (Fsp3) is 0.648. The molecule has 2 aromatic carbocycles. The van der Waals surface area contributed by atoms with E-state index in [1.807, 2.05) is 20.8 Å². The first-order chi connectivity index (χ1) is 33.9. The zero-order valence-electron chi connectivity index (χ0n) is 44.4. The van der Waals surface area contributed by atoms with E-state index in [0.29, 0.717) is 70.3 Å². The van der Waals surface area contributed by atoms with Crippen molar-refractivity contribution >= 4 is 34.2 Å². The summed E-state index contributed by atoms with van der Waals surface area (Å²) in [7, 11) is 3.17. The summed E-state index contributed by atoms with van der Waals surface area (Å²) in [6, 6.07) is 0. The Morgan fingerprint density at radius 2 is 1.57 bits per heavy atom. The van der Waals surface area contributed by atoms with Crippen LogP contribution in [0.25, 0.3) is 10.8 Å². The number of ether oxygens (including phenoxy) is 5. The zero-order valence-corrected chi connectivity index (χ0v) is 44.4. The van der Waals surface area contributed by atoms with Crippen LogP contribution in [0.1, 0.15) is 98.0 Å². The number of fused-ring (bicyclic) bond motifs is 13. The first-order valence-electron chi connectivity index (χ1n) is 25.5. The van der Waals surface area contributed by atoms with Crippen molar-refractivity contribution in [2.45, 2.75) is 130 Å². The number of Topliss-reactive ketones (excluding diaryl/α,β-unsaturated/α-hetero) is 1. The zero-order chi connectivity index (χ0) is 52.8. The number of phenolic OH excluding ortho intramolecular Hbond substituents is 2. The highest BCUT2D eigenvalue weighted by Gasteiger charge is 2.51. The predicted octanol–water partition coefficient (Wildman–Crippen LogP) is 5.37. The molecular weight excluding hydrogens is 925 g/mol. The summed E-state index contributed by atoms with van der Waals surface area (Å²) in [5, 5.41) is 51.6. The molecule has 9 atom stereocenters. The predicted molar refractivity (Wildman–Crippen MR) is 272 cm³/mol. The van der Waals surface area contributed by atoms with Gasteiger partial charge in [-0.1, -0.05) is 59.8 Å². The second-order valence-corrected chi connectivity index (χ2v) is 22.0. The van der Waals surface area contributed by atoms with Crippen molar-refractivity contribution in [2.24, 2.45) is 39.6 Å². The lowest BCUT2D eigenvalue weighted by Gasteiger charge is -2.41. The molecule has 0 aromatic heterocycles. The van der Waals surface area contributed by atoms with E-state index in [-0.39, 0.29) is 55.3 Å². The van der Waals surface area contributed by atoms with E-state index >= 15 is 0 Å². The molecule has 5 bridgehead atoms. The quantitative estimate of drug-likeness (QED) is 0.220. The number of likely N-dealkylation sites (tertiary alicyclic amines) is 1. The molecule has 5 N–H and O–H groups in total. The van der Waals surface area contributed by atoms with Gasteiger partial charge >= 0.3 is 11.9 Å².